The van der Waals surface area contributed by atoms with Crippen LogP contribution in [0.1, 0.15) is 25.7 Å². The van der Waals surface area contributed by atoms with E-state index in [0.717, 1.165) is 12.0 Å². The second kappa shape index (κ2) is 3.75. The van der Waals surface area contributed by atoms with Crippen LogP contribution in [0.2, 0.25) is 0 Å². The number of hydrogen-bond acceptors (Lipinski definition) is 2. The van der Waals surface area contributed by atoms with Crippen molar-refractivity contribution in [1.29, 1.82) is 0 Å². The summed E-state index contributed by atoms with van der Waals surface area (Å²) in [5.41, 5.74) is 0. The van der Waals surface area contributed by atoms with Crippen molar-refractivity contribution in [2.75, 3.05) is 26.7 Å². The summed E-state index contributed by atoms with van der Waals surface area (Å²) in [5, 5.41) is 3.54. The van der Waals surface area contributed by atoms with Crippen molar-refractivity contribution in [3.8, 4) is 0 Å². The molecule has 0 aromatic heterocycles. The van der Waals surface area contributed by atoms with Gasteiger partial charge in [0.2, 0.25) is 0 Å². The SMILES string of the molecule is CN1CCC[C@@H]2CNCCC[C@H]21. The Morgan fingerprint density at radius 1 is 1.25 bits per heavy atom. The Morgan fingerprint density at radius 2 is 2.17 bits per heavy atom. The average molecular weight is 168 g/mol. The predicted molar refractivity (Wildman–Crippen MR) is 51.2 cm³/mol. The minimum atomic E-state index is 0.883. The molecule has 0 amide bonds. The van der Waals surface area contributed by atoms with Crippen molar-refractivity contribution in [2.24, 2.45) is 5.92 Å². The molecule has 0 aromatic carbocycles. The summed E-state index contributed by atoms with van der Waals surface area (Å²) in [6.45, 7) is 3.82. The third kappa shape index (κ3) is 1.64. The lowest BCUT2D eigenvalue weighted by Crippen LogP contribution is -2.44. The summed E-state index contributed by atoms with van der Waals surface area (Å²) < 4.78 is 0. The van der Waals surface area contributed by atoms with Gasteiger partial charge in [-0.25, -0.2) is 0 Å². The minimum absolute atomic E-state index is 0.883. The maximum atomic E-state index is 3.54. The molecule has 2 atom stereocenters. The predicted octanol–water partition coefficient (Wildman–Crippen LogP) is 1.08. The first-order valence-electron chi connectivity index (χ1n) is 5.29. The summed E-state index contributed by atoms with van der Waals surface area (Å²) in [5.74, 6) is 0.936. The lowest BCUT2D eigenvalue weighted by molar-refractivity contribution is 0.120. The monoisotopic (exact) mass is 168 g/mol. The smallest absolute Gasteiger partial charge is 0.0133 e. The van der Waals surface area contributed by atoms with E-state index < -0.39 is 0 Å². The zero-order valence-electron chi connectivity index (χ0n) is 8.05. The lowest BCUT2D eigenvalue weighted by Gasteiger charge is -2.38. The van der Waals surface area contributed by atoms with E-state index in [1.54, 1.807) is 0 Å². The Bertz CT molecular complexity index is 147. The fourth-order valence-corrected chi connectivity index (χ4v) is 2.74. The number of hydrogen-bond donors (Lipinski definition) is 1. The van der Waals surface area contributed by atoms with E-state index in [-0.39, 0.29) is 0 Å². The second-order valence-corrected chi connectivity index (χ2v) is 4.30. The van der Waals surface area contributed by atoms with Gasteiger partial charge in [0.25, 0.3) is 0 Å². The number of nitrogens with zero attached hydrogens (tertiary/aromatic N) is 1. The van der Waals surface area contributed by atoms with Crippen LogP contribution in [-0.4, -0.2) is 37.6 Å². The normalized spacial score (nSPS) is 38.8. The van der Waals surface area contributed by atoms with Crippen molar-refractivity contribution in [3.05, 3.63) is 0 Å². The first-order chi connectivity index (χ1) is 5.88. The summed E-state index contributed by atoms with van der Waals surface area (Å²) in [6.07, 6.45) is 5.63. The molecule has 2 nitrogen and oxygen atoms in total. The molecule has 0 saturated carbocycles. The first kappa shape index (κ1) is 8.52. The van der Waals surface area contributed by atoms with Gasteiger partial charge >= 0.3 is 0 Å². The van der Waals surface area contributed by atoms with Crippen LogP contribution in [0.3, 0.4) is 0 Å². The lowest BCUT2D eigenvalue weighted by atomic mass is 9.88. The Labute approximate surface area is 75.3 Å². The van der Waals surface area contributed by atoms with E-state index in [4.69, 9.17) is 0 Å². The summed E-state index contributed by atoms with van der Waals surface area (Å²) >= 11 is 0. The largest absolute Gasteiger partial charge is 0.316 e. The van der Waals surface area contributed by atoms with E-state index in [2.05, 4.69) is 17.3 Å². The highest BCUT2D eigenvalue weighted by Gasteiger charge is 2.29. The third-order valence-corrected chi connectivity index (χ3v) is 3.46. The van der Waals surface area contributed by atoms with Crippen molar-refractivity contribution in [1.82, 2.24) is 10.2 Å². The van der Waals surface area contributed by atoms with Gasteiger partial charge < -0.3 is 10.2 Å². The second-order valence-electron chi connectivity index (χ2n) is 4.30. The number of nitrogens with one attached hydrogen (secondary N) is 1. The van der Waals surface area contributed by atoms with Crippen molar-refractivity contribution in [3.63, 3.8) is 0 Å². The fraction of sp³-hybridized carbons (Fsp3) is 1.00. The molecular weight excluding hydrogens is 148 g/mol. The molecule has 0 aromatic rings. The van der Waals surface area contributed by atoms with Gasteiger partial charge in [0, 0.05) is 6.04 Å². The van der Waals surface area contributed by atoms with Crippen molar-refractivity contribution < 1.29 is 0 Å². The van der Waals surface area contributed by atoms with Gasteiger partial charge in [-0.3, -0.25) is 0 Å². The third-order valence-electron chi connectivity index (χ3n) is 3.46. The number of piperidine rings is 1. The molecule has 2 fully saturated rings. The van der Waals surface area contributed by atoms with Crippen LogP contribution in [0.5, 0.6) is 0 Å². The maximum Gasteiger partial charge on any atom is 0.0133 e. The zero-order valence-corrected chi connectivity index (χ0v) is 8.05. The van der Waals surface area contributed by atoms with Crippen molar-refractivity contribution >= 4 is 0 Å². The molecule has 2 heterocycles. The number of fused-ring (bicyclic) bond motifs is 1. The molecule has 0 aliphatic carbocycles. The molecule has 2 aliphatic rings. The van der Waals surface area contributed by atoms with E-state index >= 15 is 0 Å². The highest BCUT2D eigenvalue weighted by molar-refractivity contribution is 4.85. The quantitative estimate of drug-likeness (QED) is 0.582. The molecule has 0 bridgehead atoms. The fourth-order valence-electron chi connectivity index (χ4n) is 2.74. The Balaban J connectivity index is 2.00. The molecule has 12 heavy (non-hydrogen) atoms. The zero-order chi connectivity index (χ0) is 8.39. The van der Waals surface area contributed by atoms with Crippen LogP contribution in [0.15, 0.2) is 0 Å². The van der Waals surface area contributed by atoms with Crippen LogP contribution >= 0.6 is 0 Å². The molecular formula is C10H20N2. The molecule has 0 radical (unpaired) electrons. The maximum absolute atomic E-state index is 3.54. The summed E-state index contributed by atoms with van der Waals surface area (Å²) in [7, 11) is 2.29. The van der Waals surface area contributed by atoms with Crippen molar-refractivity contribution in [2.45, 2.75) is 31.7 Å². The average Bonchev–Trinajstić information content (AvgIpc) is 2.30. The van der Waals surface area contributed by atoms with Gasteiger partial charge in [0.15, 0.2) is 0 Å². The van der Waals surface area contributed by atoms with Gasteiger partial charge in [-0.15, -0.1) is 0 Å². The highest BCUT2D eigenvalue weighted by atomic mass is 15.1. The first-order valence-corrected chi connectivity index (χ1v) is 5.29. The summed E-state index contributed by atoms with van der Waals surface area (Å²) in [4.78, 5) is 2.57. The van der Waals surface area contributed by atoms with Gasteiger partial charge in [-0.1, -0.05) is 0 Å². The van der Waals surface area contributed by atoms with Crippen LogP contribution in [0.4, 0.5) is 0 Å². The topological polar surface area (TPSA) is 15.3 Å². The Morgan fingerprint density at radius 3 is 3.08 bits per heavy atom. The molecule has 1 N–H and O–H groups in total. The number of rotatable bonds is 0. The molecule has 2 heteroatoms. The summed E-state index contributed by atoms with van der Waals surface area (Å²) in [6, 6.07) is 0.883. The standard InChI is InChI=1S/C10H20N2/c1-12-7-3-4-9-8-11-6-2-5-10(9)12/h9-11H,2-8H2,1H3/t9-,10-/m1/s1. The van der Waals surface area contributed by atoms with Crippen LogP contribution in [0, 0.1) is 5.92 Å². The van der Waals surface area contributed by atoms with E-state index in [0.29, 0.717) is 0 Å². The molecule has 2 aliphatic heterocycles. The van der Waals surface area contributed by atoms with Crippen LogP contribution in [0.25, 0.3) is 0 Å². The highest BCUT2D eigenvalue weighted by Crippen LogP contribution is 2.26. The molecule has 70 valence electrons. The van der Waals surface area contributed by atoms with Gasteiger partial charge in [-0.2, -0.15) is 0 Å². The van der Waals surface area contributed by atoms with Gasteiger partial charge in [0.1, 0.15) is 0 Å². The van der Waals surface area contributed by atoms with E-state index in [1.165, 1.54) is 45.3 Å². The van der Waals surface area contributed by atoms with Gasteiger partial charge in [-0.05, 0) is 58.3 Å². The van der Waals surface area contributed by atoms with E-state index in [1.807, 2.05) is 0 Å². The molecule has 2 saturated heterocycles. The molecule has 0 spiro atoms. The Kier molecular flexibility index (Phi) is 2.66. The molecule has 2 rings (SSSR count). The van der Waals surface area contributed by atoms with Gasteiger partial charge in [0.05, 0.1) is 0 Å². The number of likely N-dealkylation sites (tertiary alicyclic amines) is 1. The van der Waals surface area contributed by atoms with Crippen LogP contribution in [-0.2, 0) is 0 Å². The van der Waals surface area contributed by atoms with E-state index in [9.17, 15) is 0 Å². The molecule has 0 unspecified atom stereocenters. The Hall–Kier alpha value is -0.0800. The minimum Gasteiger partial charge on any atom is -0.316 e. The van der Waals surface area contributed by atoms with Crippen LogP contribution < -0.4 is 5.32 Å².